The molecule has 0 spiro atoms. The van der Waals surface area contributed by atoms with Crippen LogP contribution in [0.3, 0.4) is 0 Å². The van der Waals surface area contributed by atoms with Crippen molar-refractivity contribution in [3.8, 4) is 0 Å². The van der Waals surface area contributed by atoms with Gasteiger partial charge in [0.1, 0.15) is 0 Å². The summed E-state index contributed by atoms with van der Waals surface area (Å²) in [5, 5.41) is 9.03. The van der Waals surface area contributed by atoms with Crippen molar-refractivity contribution < 1.29 is 31.4 Å². The molecule has 0 unspecified atom stereocenters. The first kappa shape index (κ1) is 15.7. The second kappa shape index (κ2) is 4.63. The van der Waals surface area contributed by atoms with E-state index in [-0.39, 0.29) is 0 Å². The highest BCUT2D eigenvalue weighted by Gasteiger charge is 2.54. The second-order valence-electron chi connectivity index (χ2n) is 3.06. The average Bonchev–Trinajstić information content (AvgIpc) is 2.22. The van der Waals surface area contributed by atoms with Gasteiger partial charge in [0.2, 0.25) is 5.82 Å². The van der Waals surface area contributed by atoms with Crippen LogP contribution >= 0.6 is 34.8 Å². The van der Waals surface area contributed by atoms with Crippen molar-refractivity contribution >= 4 is 34.8 Å². The Balaban J connectivity index is 3.72. The topological polar surface area (TPSA) is 20.2 Å². The predicted molar refractivity (Wildman–Crippen MR) is 51.5 cm³/mol. The van der Waals surface area contributed by atoms with Crippen LogP contribution < -0.4 is 0 Å². The Morgan fingerprint density at radius 2 is 1.00 bits per heavy atom. The second-order valence-corrected chi connectivity index (χ2v) is 5.35. The molecule has 0 radical (unpaired) electrons. The van der Waals surface area contributed by atoms with E-state index in [1.165, 1.54) is 0 Å². The van der Waals surface area contributed by atoms with Crippen LogP contribution in [0.5, 0.6) is 0 Å². The quantitative estimate of drug-likeness (QED) is 0.358. The van der Waals surface area contributed by atoms with Crippen molar-refractivity contribution in [1.29, 1.82) is 0 Å². The van der Waals surface area contributed by atoms with E-state index >= 15 is 0 Å². The summed E-state index contributed by atoms with van der Waals surface area (Å²) in [6.07, 6.45) is 0. The summed E-state index contributed by atoms with van der Waals surface area (Å²) in [4.78, 5) is 0. The van der Waals surface area contributed by atoms with E-state index in [1.807, 2.05) is 0 Å². The summed E-state index contributed by atoms with van der Waals surface area (Å²) < 4.78 is 74.6. The van der Waals surface area contributed by atoms with Crippen LogP contribution in [0.1, 0.15) is 5.56 Å². The Morgan fingerprint density at radius 1 is 0.722 bits per heavy atom. The molecule has 0 aliphatic rings. The third-order valence-corrected chi connectivity index (χ3v) is 2.67. The Kier molecular flexibility index (Phi) is 4.03. The molecule has 102 valence electrons. The van der Waals surface area contributed by atoms with Gasteiger partial charge in [-0.3, -0.25) is 0 Å². The summed E-state index contributed by atoms with van der Waals surface area (Å²) in [6, 6.07) is 0. The van der Waals surface area contributed by atoms with Crippen LogP contribution in [0.4, 0.5) is 26.3 Å². The molecule has 1 atom stereocenters. The molecule has 1 aromatic carbocycles. The van der Waals surface area contributed by atoms with Gasteiger partial charge in [-0.05, 0) is 0 Å². The summed E-state index contributed by atoms with van der Waals surface area (Å²) in [6.45, 7) is 0. The van der Waals surface area contributed by atoms with Gasteiger partial charge in [0.05, 0.1) is 5.56 Å². The standard InChI is InChI=1S/C8HCl3F6O/c9-8(10,11)7(17,18)1-2(12)4(14)6(16)5(15)3(1)13/h18H/t7-/m0/s1. The monoisotopic (exact) mass is 332 g/mol. The van der Waals surface area contributed by atoms with Gasteiger partial charge in [-0.2, -0.15) is 0 Å². The number of alkyl halides is 4. The average molecular weight is 333 g/mol. The molecule has 0 aromatic heterocycles. The predicted octanol–water partition coefficient (Wildman–Crippen LogP) is 3.87. The zero-order valence-electron chi connectivity index (χ0n) is 7.85. The Hall–Kier alpha value is -0.370. The van der Waals surface area contributed by atoms with Crippen molar-refractivity contribution in [3.63, 3.8) is 0 Å². The molecular weight excluding hydrogens is 332 g/mol. The lowest BCUT2D eigenvalue weighted by atomic mass is 10.1. The molecule has 18 heavy (non-hydrogen) atoms. The van der Waals surface area contributed by atoms with E-state index in [4.69, 9.17) is 39.9 Å². The van der Waals surface area contributed by atoms with Gasteiger partial charge in [0.25, 0.3) is 9.65 Å². The highest BCUT2D eigenvalue weighted by molar-refractivity contribution is 6.68. The van der Waals surface area contributed by atoms with Crippen molar-refractivity contribution in [2.45, 2.75) is 9.65 Å². The highest BCUT2D eigenvalue weighted by atomic mass is 35.6. The molecule has 0 saturated carbocycles. The van der Waals surface area contributed by atoms with Gasteiger partial charge < -0.3 is 5.11 Å². The number of hydrogen-bond acceptors (Lipinski definition) is 1. The van der Waals surface area contributed by atoms with E-state index in [2.05, 4.69) is 0 Å². The maximum Gasteiger partial charge on any atom is 0.286 e. The Morgan fingerprint density at radius 3 is 1.28 bits per heavy atom. The number of rotatable bonds is 1. The molecule has 0 aliphatic heterocycles. The zero-order chi connectivity index (χ0) is 14.5. The molecule has 0 aliphatic carbocycles. The van der Waals surface area contributed by atoms with Gasteiger partial charge >= 0.3 is 0 Å². The summed E-state index contributed by atoms with van der Waals surface area (Å²) in [7, 11) is 0. The molecule has 10 heteroatoms. The molecule has 0 amide bonds. The van der Waals surface area contributed by atoms with Gasteiger partial charge in [-0.15, -0.1) is 0 Å². The summed E-state index contributed by atoms with van der Waals surface area (Å²) in [5.74, 6) is -17.2. The van der Waals surface area contributed by atoms with Crippen LogP contribution in [0.15, 0.2) is 0 Å². The fourth-order valence-electron chi connectivity index (χ4n) is 1.04. The molecular formula is C8HCl3F6O. The van der Waals surface area contributed by atoms with Crippen LogP contribution in [0.25, 0.3) is 0 Å². The minimum Gasteiger partial charge on any atom is -0.355 e. The van der Waals surface area contributed by atoms with Crippen LogP contribution in [-0.2, 0) is 5.85 Å². The van der Waals surface area contributed by atoms with Crippen molar-refractivity contribution in [1.82, 2.24) is 0 Å². The van der Waals surface area contributed by atoms with Crippen LogP contribution in [-0.4, -0.2) is 8.90 Å². The Bertz CT molecular complexity index is 470. The van der Waals surface area contributed by atoms with Gasteiger partial charge in [-0.1, -0.05) is 34.8 Å². The SMILES string of the molecule is O[C@@](F)(c1c(F)c(F)c(F)c(F)c1F)C(Cl)(Cl)Cl. The van der Waals surface area contributed by atoms with Crippen LogP contribution in [0.2, 0.25) is 0 Å². The number of aliphatic hydroxyl groups is 1. The van der Waals surface area contributed by atoms with Crippen molar-refractivity contribution in [2.24, 2.45) is 0 Å². The lowest BCUT2D eigenvalue weighted by Crippen LogP contribution is -2.38. The third-order valence-electron chi connectivity index (χ3n) is 1.92. The molecule has 1 N–H and O–H groups in total. The van der Waals surface area contributed by atoms with Crippen molar-refractivity contribution in [2.75, 3.05) is 0 Å². The maximum absolute atomic E-state index is 13.6. The summed E-state index contributed by atoms with van der Waals surface area (Å²) in [5.41, 5.74) is -2.28. The smallest absolute Gasteiger partial charge is 0.286 e. The highest BCUT2D eigenvalue weighted by Crippen LogP contribution is 2.48. The number of hydrogen-bond donors (Lipinski definition) is 1. The molecule has 0 fully saturated rings. The van der Waals surface area contributed by atoms with E-state index in [0.717, 1.165) is 0 Å². The molecule has 0 bridgehead atoms. The van der Waals surface area contributed by atoms with E-state index in [9.17, 15) is 26.3 Å². The first-order valence-corrected chi connectivity index (χ1v) is 5.06. The molecule has 1 nitrogen and oxygen atoms in total. The van der Waals surface area contributed by atoms with Gasteiger partial charge in [-0.25, -0.2) is 26.3 Å². The lowest BCUT2D eigenvalue weighted by Gasteiger charge is -2.27. The van der Waals surface area contributed by atoms with E-state index in [1.54, 1.807) is 0 Å². The van der Waals surface area contributed by atoms with Gasteiger partial charge in [0.15, 0.2) is 23.3 Å². The van der Waals surface area contributed by atoms with E-state index in [0.29, 0.717) is 0 Å². The van der Waals surface area contributed by atoms with E-state index < -0.39 is 44.3 Å². The minimum atomic E-state index is -4.42. The first-order chi connectivity index (χ1) is 7.93. The maximum atomic E-state index is 13.6. The molecule has 0 saturated heterocycles. The van der Waals surface area contributed by atoms with Gasteiger partial charge in [0, 0.05) is 0 Å². The normalized spacial score (nSPS) is 15.7. The lowest BCUT2D eigenvalue weighted by molar-refractivity contribution is -0.0977. The molecule has 1 aromatic rings. The minimum absolute atomic E-state index is 2.28. The molecule has 0 heterocycles. The largest absolute Gasteiger partial charge is 0.355 e. The first-order valence-electron chi connectivity index (χ1n) is 3.92. The number of halogens is 9. The molecule has 1 rings (SSSR count). The Labute approximate surface area is 111 Å². The number of benzene rings is 1. The zero-order valence-corrected chi connectivity index (χ0v) is 10.1. The third kappa shape index (κ3) is 2.24. The van der Waals surface area contributed by atoms with Crippen LogP contribution in [0, 0.1) is 29.1 Å². The van der Waals surface area contributed by atoms with Crippen molar-refractivity contribution in [3.05, 3.63) is 34.6 Å². The fourth-order valence-corrected chi connectivity index (χ4v) is 1.32. The fraction of sp³-hybridized carbons (Fsp3) is 0.250. The summed E-state index contributed by atoms with van der Waals surface area (Å²) >= 11 is 14.6.